The lowest BCUT2D eigenvalue weighted by Crippen LogP contribution is -2.44. The van der Waals surface area contributed by atoms with Crippen LogP contribution in [0.2, 0.25) is 0 Å². The number of para-hydroxylation sites is 1. The van der Waals surface area contributed by atoms with Crippen LogP contribution in [-0.2, 0) is 9.59 Å². The molecule has 1 amide bonds. The summed E-state index contributed by atoms with van der Waals surface area (Å²) in [5.74, 6) is -0.426. The van der Waals surface area contributed by atoms with E-state index in [1.807, 2.05) is 24.3 Å². The van der Waals surface area contributed by atoms with Crippen LogP contribution in [0.1, 0.15) is 6.92 Å². The first-order chi connectivity index (χ1) is 9.49. The van der Waals surface area contributed by atoms with Crippen molar-refractivity contribution in [1.29, 1.82) is 0 Å². The molecule has 0 aromatic heterocycles. The molecule has 1 aliphatic rings. The molecule has 0 saturated heterocycles. The maximum atomic E-state index is 12.3. The van der Waals surface area contributed by atoms with Crippen LogP contribution in [0.15, 0.2) is 29.2 Å². The summed E-state index contributed by atoms with van der Waals surface area (Å²) in [6, 6.07) is 7.58. The van der Waals surface area contributed by atoms with E-state index in [-0.39, 0.29) is 12.5 Å². The van der Waals surface area contributed by atoms with Crippen LogP contribution < -0.4 is 4.74 Å². The second-order valence-corrected chi connectivity index (χ2v) is 5.88. The zero-order valence-corrected chi connectivity index (χ0v) is 12.2. The third-order valence-corrected chi connectivity index (χ3v) is 4.25. The molecule has 5 nitrogen and oxygen atoms in total. The van der Waals surface area contributed by atoms with Gasteiger partial charge in [-0.05, 0) is 12.1 Å². The molecule has 0 radical (unpaired) electrons. The van der Waals surface area contributed by atoms with Gasteiger partial charge in [-0.3, -0.25) is 9.59 Å². The van der Waals surface area contributed by atoms with E-state index in [4.69, 9.17) is 9.84 Å². The Kier molecular flexibility index (Phi) is 4.54. The Bertz CT molecular complexity index is 520. The Hall–Kier alpha value is -1.69. The van der Waals surface area contributed by atoms with Crippen molar-refractivity contribution in [3.8, 4) is 5.75 Å². The number of aliphatic carboxylic acids is 1. The van der Waals surface area contributed by atoms with Crippen LogP contribution in [-0.4, -0.2) is 47.3 Å². The van der Waals surface area contributed by atoms with Crippen molar-refractivity contribution in [3.05, 3.63) is 24.3 Å². The van der Waals surface area contributed by atoms with Crippen LogP contribution in [0.5, 0.6) is 5.75 Å². The largest absolute Gasteiger partial charge is 0.481 e. The smallest absolute Gasteiger partial charge is 0.308 e. The molecule has 0 fully saturated rings. The molecule has 0 bridgehead atoms. The maximum Gasteiger partial charge on any atom is 0.308 e. The van der Waals surface area contributed by atoms with Gasteiger partial charge < -0.3 is 14.7 Å². The average Bonchev–Trinajstić information content (AvgIpc) is 2.45. The lowest BCUT2D eigenvalue weighted by molar-refractivity contribution is -0.144. The topological polar surface area (TPSA) is 66.8 Å². The first kappa shape index (κ1) is 14.7. The molecule has 1 aromatic rings. The first-order valence-corrected chi connectivity index (χ1v) is 7.34. The van der Waals surface area contributed by atoms with Crippen LogP contribution in [0.4, 0.5) is 0 Å². The fourth-order valence-electron chi connectivity index (χ4n) is 1.97. The minimum atomic E-state index is -0.908. The van der Waals surface area contributed by atoms with E-state index in [9.17, 15) is 9.59 Å². The summed E-state index contributed by atoms with van der Waals surface area (Å²) in [7, 11) is 1.61. The number of carboxylic acid groups (broad SMARTS) is 1. The van der Waals surface area contributed by atoms with Gasteiger partial charge in [0.15, 0.2) is 6.10 Å². The standard InChI is InChI=1S/C14H17NO4S/c1-9(14(17)18)7-15(2)13(16)11-8-20-12-6-4-3-5-10(12)19-11/h3-6,9,11H,7-8H2,1-2H3,(H,17,18)/t9-,11+/m0/s1. The number of carboxylic acids is 1. The van der Waals surface area contributed by atoms with Gasteiger partial charge in [-0.25, -0.2) is 0 Å². The molecule has 2 atom stereocenters. The van der Waals surface area contributed by atoms with Gasteiger partial charge in [0.25, 0.3) is 5.91 Å². The number of likely N-dealkylation sites (N-methyl/N-ethyl adjacent to an activating group) is 1. The van der Waals surface area contributed by atoms with Crippen LogP contribution in [0, 0.1) is 5.92 Å². The predicted octanol–water partition coefficient (Wildman–Crippen LogP) is 1.72. The molecule has 0 saturated carbocycles. The van der Waals surface area contributed by atoms with Crippen molar-refractivity contribution in [2.24, 2.45) is 5.92 Å². The van der Waals surface area contributed by atoms with Gasteiger partial charge in [0, 0.05) is 24.2 Å². The number of thioether (sulfide) groups is 1. The summed E-state index contributed by atoms with van der Waals surface area (Å²) >= 11 is 1.58. The minimum Gasteiger partial charge on any atom is -0.481 e. The number of nitrogens with zero attached hydrogens (tertiary/aromatic N) is 1. The van der Waals surface area contributed by atoms with Crippen molar-refractivity contribution >= 4 is 23.6 Å². The average molecular weight is 295 g/mol. The molecule has 0 spiro atoms. The number of ether oxygens (including phenoxy) is 1. The van der Waals surface area contributed by atoms with Gasteiger partial charge in [0.1, 0.15) is 5.75 Å². The second-order valence-electron chi connectivity index (χ2n) is 4.82. The van der Waals surface area contributed by atoms with Crippen molar-refractivity contribution in [3.63, 3.8) is 0 Å². The summed E-state index contributed by atoms with van der Waals surface area (Å²) < 4.78 is 5.70. The highest BCUT2D eigenvalue weighted by atomic mass is 32.2. The highest BCUT2D eigenvalue weighted by Gasteiger charge is 2.30. The second kappa shape index (κ2) is 6.17. The van der Waals surface area contributed by atoms with Gasteiger partial charge in [-0.1, -0.05) is 19.1 Å². The SMILES string of the molecule is C[C@@H](CN(C)C(=O)[C@H]1CSc2ccccc2O1)C(=O)O. The fourth-order valence-corrected chi connectivity index (χ4v) is 2.94. The number of carbonyl (C=O) groups is 2. The van der Waals surface area contributed by atoms with Gasteiger partial charge in [0.05, 0.1) is 5.92 Å². The predicted molar refractivity (Wildman–Crippen MR) is 76.0 cm³/mol. The number of rotatable bonds is 4. The van der Waals surface area contributed by atoms with Crippen LogP contribution in [0.3, 0.4) is 0 Å². The number of fused-ring (bicyclic) bond motifs is 1. The van der Waals surface area contributed by atoms with Gasteiger partial charge in [0.2, 0.25) is 0 Å². The van der Waals surface area contributed by atoms with Crippen LogP contribution >= 0.6 is 11.8 Å². The third-order valence-electron chi connectivity index (χ3n) is 3.13. The third kappa shape index (κ3) is 3.25. The summed E-state index contributed by atoms with van der Waals surface area (Å²) in [5, 5.41) is 8.88. The van der Waals surface area contributed by atoms with E-state index in [0.29, 0.717) is 11.5 Å². The Morgan fingerprint density at radius 3 is 2.90 bits per heavy atom. The molecule has 1 aliphatic heterocycles. The number of hydrogen-bond acceptors (Lipinski definition) is 4. The molecular weight excluding hydrogens is 278 g/mol. The summed E-state index contributed by atoms with van der Waals surface area (Å²) in [6.07, 6.45) is -0.555. The molecule has 6 heteroatoms. The van der Waals surface area contributed by atoms with Gasteiger partial charge >= 0.3 is 5.97 Å². The monoisotopic (exact) mass is 295 g/mol. The molecule has 108 valence electrons. The Labute approximate surface area is 121 Å². The van der Waals surface area contributed by atoms with Crippen molar-refractivity contribution < 1.29 is 19.4 Å². The molecule has 1 heterocycles. The van der Waals surface area contributed by atoms with E-state index in [2.05, 4.69) is 0 Å². The van der Waals surface area contributed by atoms with Crippen molar-refractivity contribution in [2.75, 3.05) is 19.3 Å². The highest BCUT2D eigenvalue weighted by Crippen LogP contribution is 2.35. The molecule has 1 aromatic carbocycles. The first-order valence-electron chi connectivity index (χ1n) is 6.35. The van der Waals surface area contributed by atoms with Crippen molar-refractivity contribution in [2.45, 2.75) is 17.9 Å². The normalized spacial score (nSPS) is 18.6. The van der Waals surface area contributed by atoms with E-state index in [1.165, 1.54) is 4.90 Å². The maximum absolute atomic E-state index is 12.3. The zero-order valence-electron chi connectivity index (χ0n) is 11.4. The fraction of sp³-hybridized carbons (Fsp3) is 0.429. The van der Waals surface area contributed by atoms with E-state index < -0.39 is 18.0 Å². The lowest BCUT2D eigenvalue weighted by atomic mass is 10.1. The Morgan fingerprint density at radius 1 is 1.50 bits per heavy atom. The summed E-state index contributed by atoms with van der Waals surface area (Å²) in [4.78, 5) is 25.5. The summed E-state index contributed by atoms with van der Waals surface area (Å²) in [5.41, 5.74) is 0. The molecular formula is C14H17NO4S. The van der Waals surface area contributed by atoms with E-state index in [0.717, 1.165) is 4.90 Å². The minimum absolute atomic E-state index is 0.180. The molecule has 2 rings (SSSR count). The van der Waals surface area contributed by atoms with Gasteiger partial charge in [-0.2, -0.15) is 0 Å². The van der Waals surface area contributed by atoms with Crippen LogP contribution in [0.25, 0.3) is 0 Å². The number of benzene rings is 1. The lowest BCUT2D eigenvalue weighted by Gasteiger charge is -2.29. The Morgan fingerprint density at radius 2 is 2.20 bits per heavy atom. The molecule has 20 heavy (non-hydrogen) atoms. The molecule has 0 unspecified atom stereocenters. The highest BCUT2D eigenvalue weighted by molar-refractivity contribution is 7.99. The Balaban J connectivity index is 1.99. The number of amides is 1. The number of hydrogen-bond donors (Lipinski definition) is 1. The molecule has 1 N–H and O–H groups in total. The van der Waals surface area contributed by atoms with E-state index in [1.54, 1.807) is 25.7 Å². The quantitative estimate of drug-likeness (QED) is 0.916. The van der Waals surface area contributed by atoms with Gasteiger partial charge in [-0.15, -0.1) is 11.8 Å². The number of carbonyl (C=O) groups excluding carboxylic acids is 1. The summed E-state index contributed by atoms with van der Waals surface area (Å²) in [6.45, 7) is 1.76. The van der Waals surface area contributed by atoms with E-state index >= 15 is 0 Å². The van der Waals surface area contributed by atoms with Crippen molar-refractivity contribution in [1.82, 2.24) is 4.90 Å². The molecule has 0 aliphatic carbocycles. The zero-order chi connectivity index (χ0) is 14.7.